The van der Waals surface area contributed by atoms with Gasteiger partial charge in [-0.2, -0.15) is 0 Å². The molecule has 0 unspecified atom stereocenters. The molecular formula is C22H22ClNO3. The monoisotopic (exact) mass is 383 g/mol. The highest BCUT2D eigenvalue weighted by atomic mass is 35.5. The number of nitrogens with one attached hydrogen (secondary N) is 1. The fourth-order valence-electron chi connectivity index (χ4n) is 2.76. The Labute approximate surface area is 164 Å². The molecule has 0 bridgehead atoms. The SMILES string of the molecule is CC[C@@H](Oc1cccc2ccccc12)C(=O)NCCOc1ccc(Cl)cc1. The summed E-state index contributed by atoms with van der Waals surface area (Å²) in [5.74, 6) is 1.28. The molecule has 27 heavy (non-hydrogen) atoms. The van der Waals surface area contributed by atoms with Crippen LogP contribution in [0.15, 0.2) is 66.7 Å². The molecule has 0 saturated carbocycles. The molecule has 0 radical (unpaired) electrons. The van der Waals surface area contributed by atoms with Gasteiger partial charge >= 0.3 is 0 Å². The third kappa shape index (κ3) is 5.14. The molecule has 0 spiro atoms. The van der Waals surface area contributed by atoms with Crippen LogP contribution in [0.1, 0.15) is 13.3 Å². The third-order valence-electron chi connectivity index (χ3n) is 4.17. The Hall–Kier alpha value is -2.72. The summed E-state index contributed by atoms with van der Waals surface area (Å²) in [7, 11) is 0. The second-order valence-electron chi connectivity index (χ2n) is 6.09. The van der Waals surface area contributed by atoms with E-state index in [0.717, 1.165) is 10.8 Å². The van der Waals surface area contributed by atoms with Crippen LogP contribution >= 0.6 is 11.6 Å². The number of halogens is 1. The van der Waals surface area contributed by atoms with Crippen molar-refractivity contribution in [3.63, 3.8) is 0 Å². The van der Waals surface area contributed by atoms with Crippen LogP contribution in [0, 0.1) is 0 Å². The van der Waals surface area contributed by atoms with Crippen LogP contribution in [0.2, 0.25) is 5.02 Å². The largest absolute Gasteiger partial charge is 0.492 e. The lowest BCUT2D eigenvalue weighted by molar-refractivity contribution is -0.128. The van der Waals surface area contributed by atoms with Gasteiger partial charge < -0.3 is 14.8 Å². The van der Waals surface area contributed by atoms with Gasteiger partial charge in [0.05, 0.1) is 6.54 Å². The van der Waals surface area contributed by atoms with Crippen LogP contribution in [-0.4, -0.2) is 25.2 Å². The zero-order valence-electron chi connectivity index (χ0n) is 15.2. The van der Waals surface area contributed by atoms with Crippen molar-refractivity contribution >= 4 is 28.3 Å². The first-order valence-corrected chi connectivity index (χ1v) is 9.35. The highest BCUT2D eigenvalue weighted by Gasteiger charge is 2.18. The smallest absolute Gasteiger partial charge is 0.261 e. The molecule has 3 aromatic rings. The van der Waals surface area contributed by atoms with E-state index in [2.05, 4.69) is 5.32 Å². The minimum atomic E-state index is -0.550. The molecule has 0 heterocycles. The van der Waals surface area contributed by atoms with Gasteiger partial charge in [0, 0.05) is 10.4 Å². The van der Waals surface area contributed by atoms with Gasteiger partial charge in [-0.05, 0) is 42.1 Å². The standard InChI is InChI=1S/C22H22ClNO3/c1-2-20(27-21-9-5-7-16-6-3-4-8-19(16)21)22(25)24-14-15-26-18-12-10-17(23)11-13-18/h3-13,20H,2,14-15H2,1H3,(H,24,25)/t20-/m1/s1. The number of fused-ring (bicyclic) bond motifs is 1. The average Bonchev–Trinajstić information content (AvgIpc) is 2.70. The zero-order valence-corrected chi connectivity index (χ0v) is 15.9. The number of hydrogen-bond donors (Lipinski definition) is 1. The molecule has 0 fully saturated rings. The van der Waals surface area contributed by atoms with Gasteiger partial charge in [-0.1, -0.05) is 54.9 Å². The first kappa shape index (κ1) is 19.1. The van der Waals surface area contributed by atoms with Crippen molar-refractivity contribution in [2.45, 2.75) is 19.4 Å². The Morgan fingerprint density at radius 1 is 1.04 bits per heavy atom. The Kier molecular flexibility index (Phi) is 6.55. The van der Waals surface area contributed by atoms with Crippen LogP contribution < -0.4 is 14.8 Å². The van der Waals surface area contributed by atoms with E-state index in [1.54, 1.807) is 24.3 Å². The lowest BCUT2D eigenvalue weighted by atomic mass is 10.1. The Balaban J connectivity index is 1.53. The summed E-state index contributed by atoms with van der Waals surface area (Å²) in [6.45, 7) is 2.70. The molecule has 5 heteroatoms. The summed E-state index contributed by atoms with van der Waals surface area (Å²) in [4.78, 5) is 12.5. The van der Waals surface area contributed by atoms with Crippen LogP contribution in [0.3, 0.4) is 0 Å². The fraction of sp³-hybridized carbons (Fsp3) is 0.227. The molecule has 140 valence electrons. The maximum absolute atomic E-state index is 12.5. The van der Waals surface area contributed by atoms with E-state index < -0.39 is 6.10 Å². The first-order valence-electron chi connectivity index (χ1n) is 8.98. The van der Waals surface area contributed by atoms with E-state index in [-0.39, 0.29) is 5.91 Å². The van der Waals surface area contributed by atoms with Gasteiger partial charge in [-0.3, -0.25) is 4.79 Å². The van der Waals surface area contributed by atoms with Crippen molar-refractivity contribution in [2.24, 2.45) is 0 Å². The molecule has 0 saturated heterocycles. The molecule has 0 aliphatic rings. The van der Waals surface area contributed by atoms with Crippen molar-refractivity contribution in [3.8, 4) is 11.5 Å². The van der Waals surface area contributed by atoms with Gasteiger partial charge in [0.2, 0.25) is 0 Å². The number of rotatable bonds is 8. The summed E-state index contributed by atoms with van der Waals surface area (Å²) < 4.78 is 11.6. The molecule has 0 aliphatic carbocycles. The second-order valence-corrected chi connectivity index (χ2v) is 6.52. The lowest BCUT2D eigenvalue weighted by Gasteiger charge is -2.18. The summed E-state index contributed by atoms with van der Waals surface area (Å²) in [6.07, 6.45) is 0.0268. The normalized spacial score (nSPS) is 11.8. The number of hydrogen-bond acceptors (Lipinski definition) is 3. The maximum Gasteiger partial charge on any atom is 0.261 e. The summed E-state index contributed by atoms with van der Waals surface area (Å²) >= 11 is 5.84. The second kappa shape index (κ2) is 9.28. The van der Waals surface area contributed by atoms with E-state index in [0.29, 0.717) is 36.1 Å². The van der Waals surface area contributed by atoms with Gasteiger partial charge in [0.15, 0.2) is 6.10 Å². The van der Waals surface area contributed by atoms with E-state index in [4.69, 9.17) is 21.1 Å². The molecule has 0 aliphatic heterocycles. The number of benzene rings is 3. The average molecular weight is 384 g/mol. The lowest BCUT2D eigenvalue weighted by Crippen LogP contribution is -2.39. The maximum atomic E-state index is 12.5. The van der Waals surface area contributed by atoms with Crippen LogP contribution in [0.4, 0.5) is 0 Å². The number of carbonyl (C=O) groups is 1. The zero-order chi connectivity index (χ0) is 19.1. The van der Waals surface area contributed by atoms with Gasteiger partial charge in [0.1, 0.15) is 18.1 Å². The van der Waals surface area contributed by atoms with Crippen molar-refractivity contribution in [2.75, 3.05) is 13.2 Å². The number of amides is 1. The predicted molar refractivity (Wildman–Crippen MR) is 109 cm³/mol. The van der Waals surface area contributed by atoms with Crippen LogP contribution in [0.25, 0.3) is 10.8 Å². The Morgan fingerprint density at radius 2 is 1.78 bits per heavy atom. The predicted octanol–water partition coefficient (Wildman–Crippen LogP) is 4.85. The minimum Gasteiger partial charge on any atom is -0.492 e. The number of carbonyl (C=O) groups excluding carboxylic acids is 1. The fourth-order valence-corrected chi connectivity index (χ4v) is 2.89. The van der Waals surface area contributed by atoms with Crippen molar-refractivity contribution in [3.05, 3.63) is 71.8 Å². The Morgan fingerprint density at radius 3 is 2.56 bits per heavy atom. The van der Waals surface area contributed by atoms with E-state index in [1.165, 1.54) is 0 Å². The Bertz CT molecular complexity index is 890. The van der Waals surface area contributed by atoms with Crippen molar-refractivity contribution in [1.82, 2.24) is 5.32 Å². The van der Waals surface area contributed by atoms with Crippen LogP contribution in [0.5, 0.6) is 11.5 Å². The molecule has 3 aromatic carbocycles. The van der Waals surface area contributed by atoms with Gasteiger partial charge in [0.25, 0.3) is 5.91 Å². The summed E-state index contributed by atoms with van der Waals surface area (Å²) in [5, 5.41) is 5.61. The topological polar surface area (TPSA) is 47.6 Å². The first-order chi connectivity index (χ1) is 13.2. The third-order valence-corrected chi connectivity index (χ3v) is 4.42. The summed E-state index contributed by atoms with van der Waals surface area (Å²) in [6, 6.07) is 20.9. The van der Waals surface area contributed by atoms with E-state index in [9.17, 15) is 4.79 Å². The molecule has 1 N–H and O–H groups in total. The molecule has 1 atom stereocenters. The number of ether oxygens (including phenoxy) is 2. The molecule has 4 nitrogen and oxygen atoms in total. The quantitative estimate of drug-likeness (QED) is 0.566. The molecule has 3 rings (SSSR count). The molecule has 0 aromatic heterocycles. The van der Waals surface area contributed by atoms with Crippen molar-refractivity contribution in [1.29, 1.82) is 0 Å². The highest BCUT2D eigenvalue weighted by molar-refractivity contribution is 6.30. The minimum absolute atomic E-state index is 0.148. The van der Waals surface area contributed by atoms with Crippen molar-refractivity contribution < 1.29 is 14.3 Å². The molecule has 1 amide bonds. The van der Waals surface area contributed by atoms with Crippen LogP contribution in [-0.2, 0) is 4.79 Å². The highest BCUT2D eigenvalue weighted by Crippen LogP contribution is 2.26. The van der Waals surface area contributed by atoms with E-state index >= 15 is 0 Å². The van der Waals surface area contributed by atoms with Gasteiger partial charge in [-0.25, -0.2) is 0 Å². The molecular weight excluding hydrogens is 362 g/mol. The van der Waals surface area contributed by atoms with E-state index in [1.807, 2.05) is 49.4 Å². The summed E-state index contributed by atoms with van der Waals surface area (Å²) in [5.41, 5.74) is 0. The van der Waals surface area contributed by atoms with Gasteiger partial charge in [-0.15, -0.1) is 0 Å².